The Balaban J connectivity index is 1.27. The second kappa shape index (κ2) is 5.82. The molecule has 4 aliphatic carbocycles. The molecule has 0 atom stereocenters. The Morgan fingerprint density at radius 1 is 1.04 bits per heavy atom. The predicted octanol–water partition coefficient (Wildman–Crippen LogP) is 4.11. The molecule has 2 aromatic rings. The third-order valence-corrected chi connectivity index (χ3v) is 6.89. The Morgan fingerprint density at radius 3 is 2.44 bits per heavy atom. The highest BCUT2D eigenvalue weighted by Crippen LogP contribution is 2.59. The van der Waals surface area contributed by atoms with Gasteiger partial charge in [0.1, 0.15) is 0 Å². The van der Waals surface area contributed by atoms with Gasteiger partial charge >= 0.3 is 0 Å². The number of pyridine rings is 1. The van der Waals surface area contributed by atoms with Crippen LogP contribution in [0.15, 0.2) is 36.5 Å². The molecule has 3 nitrogen and oxygen atoms in total. The van der Waals surface area contributed by atoms with E-state index in [0.29, 0.717) is 11.8 Å². The van der Waals surface area contributed by atoms with Gasteiger partial charge in [-0.25, -0.2) is 0 Å². The molecule has 4 aliphatic rings. The summed E-state index contributed by atoms with van der Waals surface area (Å²) in [5.74, 6) is 2.95. The molecule has 1 heterocycles. The van der Waals surface area contributed by atoms with Crippen LogP contribution in [0.1, 0.15) is 44.1 Å². The fraction of sp³-hybridized carbons (Fsp3) is 0.545. The van der Waals surface area contributed by atoms with E-state index < -0.39 is 0 Å². The van der Waals surface area contributed by atoms with Crippen LogP contribution in [0.3, 0.4) is 0 Å². The van der Waals surface area contributed by atoms with E-state index >= 15 is 0 Å². The van der Waals surface area contributed by atoms with Gasteiger partial charge in [0, 0.05) is 18.1 Å². The van der Waals surface area contributed by atoms with Crippen LogP contribution < -0.4 is 5.32 Å². The summed E-state index contributed by atoms with van der Waals surface area (Å²) in [5.41, 5.74) is 2.39. The van der Waals surface area contributed by atoms with Gasteiger partial charge in [0.05, 0.1) is 11.9 Å². The maximum Gasteiger partial charge on any atom is 0.224 e. The number of nitrogens with one attached hydrogen (secondary N) is 1. The fourth-order valence-electron chi connectivity index (χ4n) is 6.34. The highest BCUT2D eigenvalue weighted by Gasteiger charge is 2.50. The van der Waals surface area contributed by atoms with Gasteiger partial charge in [0.15, 0.2) is 0 Å². The van der Waals surface area contributed by atoms with Crippen molar-refractivity contribution >= 4 is 16.8 Å². The number of carbonyl (C=O) groups excluding carboxylic acids is 1. The predicted molar refractivity (Wildman–Crippen MR) is 99.1 cm³/mol. The van der Waals surface area contributed by atoms with E-state index in [0.717, 1.165) is 40.8 Å². The minimum Gasteiger partial charge on any atom is -0.355 e. The summed E-state index contributed by atoms with van der Waals surface area (Å²) in [6.07, 6.45) is 10.6. The first-order valence-electron chi connectivity index (χ1n) is 9.78. The Bertz CT molecular complexity index is 772. The summed E-state index contributed by atoms with van der Waals surface area (Å²) in [4.78, 5) is 17.1. The summed E-state index contributed by atoms with van der Waals surface area (Å²) in [7, 11) is 0. The lowest BCUT2D eigenvalue weighted by molar-refractivity contribution is -0.122. The van der Waals surface area contributed by atoms with Crippen molar-refractivity contribution in [1.29, 1.82) is 0 Å². The molecule has 0 spiro atoms. The molecule has 25 heavy (non-hydrogen) atoms. The molecule has 0 saturated heterocycles. The summed E-state index contributed by atoms with van der Waals surface area (Å²) < 4.78 is 0. The SMILES string of the molecule is O=C(Cc1cccc2cccnc12)NCC12CC3CC(CC(C3)C1)C2. The van der Waals surface area contributed by atoms with Crippen molar-refractivity contribution < 1.29 is 4.79 Å². The topological polar surface area (TPSA) is 42.0 Å². The lowest BCUT2D eigenvalue weighted by Crippen LogP contribution is -2.51. The molecular formula is C22H26N2O. The molecule has 6 rings (SSSR count). The zero-order valence-electron chi connectivity index (χ0n) is 14.7. The van der Waals surface area contributed by atoms with Gasteiger partial charge in [-0.15, -0.1) is 0 Å². The third-order valence-electron chi connectivity index (χ3n) is 6.89. The van der Waals surface area contributed by atoms with E-state index in [9.17, 15) is 4.79 Å². The maximum absolute atomic E-state index is 12.6. The van der Waals surface area contributed by atoms with Crippen molar-refractivity contribution in [2.45, 2.75) is 44.9 Å². The van der Waals surface area contributed by atoms with Gasteiger partial charge < -0.3 is 5.32 Å². The van der Waals surface area contributed by atoms with Crippen LogP contribution in [0.5, 0.6) is 0 Å². The average Bonchev–Trinajstić information content (AvgIpc) is 2.59. The Hall–Kier alpha value is -1.90. The van der Waals surface area contributed by atoms with Crippen molar-refractivity contribution in [1.82, 2.24) is 10.3 Å². The Labute approximate surface area is 149 Å². The number of carbonyl (C=O) groups is 1. The van der Waals surface area contributed by atoms with Crippen LogP contribution >= 0.6 is 0 Å². The number of hydrogen-bond acceptors (Lipinski definition) is 2. The molecule has 4 saturated carbocycles. The Kier molecular flexibility index (Phi) is 3.58. The lowest BCUT2D eigenvalue weighted by atomic mass is 9.49. The smallest absolute Gasteiger partial charge is 0.224 e. The highest BCUT2D eigenvalue weighted by molar-refractivity contribution is 5.87. The standard InChI is InChI=1S/C22H26N2O/c25-20(10-19-4-1-3-18-5-2-6-23-21(18)19)24-14-22-11-15-7-16(12-22)9-17(8-15)13-22/h1-6,15-17H,7-14H2,(H,24,25). The zero-order chi connectivity index (χ0) is 16.9. The average molecular weight is 334 g/mol. The van der Waals surface area contributed by atoms with E-state index in [1.807, 2.05) is 18.2 Å². The molecule has 3 heteroatoms. The number of benzene rings is 1. The van der Waals surface area contributed by atoms with Gasteiger partial charge in [-0.1, -0.05) is 24.3 Å². The molecule has 0 aliphatic heterocycles. The van der Waals surface area contributed by atoms with Crippen LogP contribution in [-0.4, -0.2) is 17.4 Å². The van der Waals surface area contributed by atoms with Gasteiger partial charge in [0.2, 0.25) is 5.91 Å². The first-order valence-corrected chi connectivity index (χ1v) is 9.78. The van der Waals surface area contributed by atoms with Crippen molar-refractivity contribution in [2.75, 3.05) is 6.54 Å². The number of rotatable bonds is 4. The molecule has 1 amide bonds. The van der Waals surface area contributed by atoms with E-state index in [4.69, 9.17) is 0 Å². The van der Waals surface area contributed by atoms with E-state index in [1.165, 1.54) is 38.5 Å². The minimum absolute atomic E-state index is 0.147. The third kappa shape index (κ3) is 2.84. The van der Waals surface area contributed by atoms with Crippen molar-refractivity contribution in [3.05, 3.63) is 42.1 Å². The number of para-hydroxylation sites is 1. The first kappa shape index (κ1) is 15.4. The van der Waals surface area contributed by atoms with Crippen molar-refractivity contribution in [3.8, 4) is 0 Å². The lowest BCUT2D eigenvalue weighted by Gasteiger charge is -2.56. The number of aromatic nitrogens is 1. The number of nitrogens with zero attached hydrogens (tertiary/aromatic N) is 1. The van der Waals surface area contributed by atoms with Gasteiger partial charge in [-0.2, -0.15) is 0 Å². The Morgan fingerprint density at radius 2 is 1.72 bits per heavy atom. The molecule has 4 bridgehead atoms. The van der Waals surface area contributed by atoms with Crippen LogP contribution in [-0.2, 0) is 11.2 Å². The number of fused-ring (bicyclic) bond motifs is 1. The normalized spacial score (nSPS) is 32.9. The van der Waals surface area contributed by atoms with Crippen LogP contribution in [0.4, 0.5) is 0 Å². The summed E-state index contributed by atoms with van der Waals surface area (Å²) in [6, 6.07) is 10.1. The second-order valence-corrected chi connectivity index (χ2v) is 8.86. The van der Waals surface area contributed by atoms with Gasteiger partial charge in [0.25, 0.3) is 0 Å². The van der Waals surface area contributed by atoms with Crippen molar-refractivity contribution in [3.63, 3.8) is 0 Å². The van der Waals surface area contributed by atoms with E-state index in [-0.39, 0.29) is 5.91 Å². The van der Waals surface area contributed by atoms with Crippen LogP contribution in [0.25, 0.3) is 10.9 Å². The van der Waals surface area contributed by atoms with E-state index in [2.05, 4.69) is 22.4 Å². The largest absolute Gasteiger partial charge is 0.355 e. The molecule has 1 aromatic heterocycles. The molecule has 4 fully saturated rings. The number of amides is 1. The van der Waals surface area contributed by atoms with Crippen LogP contribution in [0.2, 0.25) is 0 Å². The zero-order valence-corrected chi connectivity index (χ0v) is 14.7. The van der Waals surface area contributed by atoms with Crippen LogP contribution in [0, 0.1) is 23.2 Å². The molecule has 130 valence electrons. The molecule has 1 N–H and O–H groups in total. The van der Waals surface area contributed by atoms with Gasteiger partial charge in [-0.05, 0) is 73.3 Å². The minimum atomic E-state index is 0.147. The summed E-state index contributed by atoms with van der Waals surface area (Å²) in [5, 5.41) is 4.39. The number of hydrogen-bond donors (Lipinski definition) is 1. The molecule has 0 unspecified atom stereocenters. The summed E-state index contributed by atoms with van der Waals surface area (Å²) >= 11 is 0. The highest BCUT2D eigenvalue weighted by atomic mass is 16.1. The molecule has 0 radical (unpaired) electrons. The molecular weight excluding hydrogens is 308 g/mol. The second-order valence-electron chi connectivity index (χ2n) is 8.86. The fourth-order valence-corrected chi connectivity index (χ4v) is 6.34. The quantitative estimate of drug-likeness (QED) is 0.914. The molecule has 1 aromatic carbocycles. The summed E-state index contributed by atoms with van der Waals surface area (Å²) in [6.45, 7) is 0.882. The van der Waals surface area contributed by atoms with Crippen molar-refractivity contribution in [2.24, 2.45) is 23.2 Å². The van der Waals surface area contributed by atoms with Gasteiger partial charge in [-0.3, -0.25) is 9.78 Å². The van der Waals surface area contributed by atoms with E-state index in [1.54, 1.807) is 6.20 Å². The first-order chi connectivity index (χ1) is 12.2. The monoisotopic (exact) mass is 334 g/mol. The maximum atomic E-state index is 12.6.